The second-order valence-electron chi connectivity index (χ2n) is 3.66. The maximum Gasteiger partial charge on any atom is 0.252 e. The largest absolute Gasteiger partial charge is 0.383 e. The summed E-state index contributed by atoms with van der Waals surface area (Å²) in [6.07, 6.45) is 0.756. The smallest absolute Gasteiger partial charge is 0.252 e. The molecule has 1 unspecified atom stereocenters. The van der Waals surface area contributed by atoms with Crippen molar-refractivity contribution in [2.75, 3.05) is 13.7 Å². The fraction of sp³-hybridized carbons (Fsp3) is 0.417. The average Bonchev–Trinajstić information content (AvgIpc) is 2.31. The van der Waals surface area contributed by atoms with E-state index in [-0.39, 0.29) is 11.9 Å². The molecule has 1 atom stereocenters. The molecule has 1 aromatic carbocycles. The van der Waals surface area contributed by atoms with Crippen molar-refractivity contribution in [1.29, 1.82) is 0 Å². The fourth-order valence-electron chi connectivity index (χ4n) is 1.40. The predicted molar refractivity (Wildman–Crippen MR) is 67.5 cm³/mol. The molecule has 1 amide bonds. The molecular weight excluding hydrogens is 289 g/mol. The van der Waals surface area contributed by atoms with Crippen molar-refractivity contribution in [2.24, 2.45) is 0 Å². The highest BCUT2D eigenvalue weighted by Crippen LogP contribution is 2.17. The van der Waals surface area contributed by atoms with Gasteiger partial charge in [0.2, 0.25) is 0 Å². The maximum absolute atomic E-state index is 13.0. The lowest BCUT2D eigenvalue weighted by atomic mass is 10.1. The molecule has 94 valence electrons. The van der Waals surface area contributed by atoms with Gasteiger partial charge in [0, 0.05) is 11.6 Å². The van der Waals surface area contributed by atoms with Crippen LogP contribution >= 0.6 is 15.9 Å². The first-order chi connectivity index (χ1) is 8.08. The highest BCUT2D eigenvalue weighted by molar-refractivity contribution is 9.10. The van der Waals surface area contributed by atoms with Crippen LogP contribution in [0.3, 0.4) is 0 Å². The molecule has 5 heteroatoms. The van der Waals surface area contributed by atoms with Crippen LogP contribution in [0.5, 0.6) is 0 Å². The van der Waals surface area contributed by atoms with Gasteiger partial charge in [-0.1, -0.05) is 6.92 Å². The number of amides is 1. The molecule has 0 spiro atoms. The summed E-state index contributed by atoms with van der Waals surface area (Å²) in [6.45, 7) is 2.39. The first-order valence-electron chi connectivity index (χ1n) is 5.33. The van der Waals surface area contributed by atoms with Gasteiger partial charge in [-0.2, -0.15) is 0 Å². The van der Waals surface area contributed by atoms with Crippen LogP contribution < -0.4 is 5.32 Å². The topological polar surface area (TPSA) is 38.3 Å². The van der Waals surface area contributed by atoms with Crippen molar-refractivity contribution >= 4 is 21.8 Å². The summed E-state index contributed by atoms with van der Waals surface area (Å²) in [5, 5.41) is 2.79. The van der Waals surface area contributed by atoms with Gasteiger partial charge in [0.15, 0.2) is 0 Å². The van der Waals surface area contributed by atoms with Crippen LogP contribution in [0.4, 0.5) is 4.39 Å². The lowest BCUT2D eigenvalue weighted by Crippen LogP contribution is -2.37. The van der Waals surface area contributed by atoms with Crippen molar-refractivity contribution in [3.63, 3.8) is 0 Å². The van der Waals surface area contributed by atoms with Crippen LogP contribution in [0.1, 0.15) is 23.7 Å². The lowest BCUT2D eigenvalue weighted by molar-refractivity contribution is 0.0893. The molecule has 0 aromatic heterocycles. The summed E-state index contributed by atoms with van der Waals surface area (Å²) >= 11 is 3.22. The Morgan fingerprint density at radius 2 is 2.29 bits per heavy atom. The van der Waals surface area contributed by atoms with Gasteiger partial charge in [-0.05, 0) is 40.5 Å². The SMILES string of the molecule is CCC(COC)NC(=O)c1cc(F)ccc1Br. The van der Waals surface area contributed by atoms with E-state index < -0.39 is 5.82 Å². The van der Waals surface area contributed by atoms with E-state index in [4.69, 9.17) is 4.74 Å². The van der Waals surface area contributed by atoms with E-state index in [1.165, 1.54) is 18.2 Å². The molecule has 0 aliphatic rings. The molecule has 0 aliphatic heterocycles. The standard InChI is InChI=1S/C12H15BrFNO2/c1-3-9(7-17-2)15-12(16)10-6-8(14)4-5-11(10)13/h4-6,9H,3,7H2,1-2H3,(H,15,16). The quantitative estimate of drug-likeness (QED) is 0.908. The van der Waals surface area contributed by atoms with Crippen LogP contribution in [0.15, 0.2) is 22.7 Å². The molecule has 0 heterocycles. The van der Waals surface area contributed by atoms with Crippen molar-refractivity contribution in [3.8, 4) is 0 Å². The van der Waals surface area contributed by atoms with Crippen molar-refractivity contribution in [2.45, 2.75) is 19.4 Å². The van der Waals surface area contributed by atoms with E-state index in [2.05, 4.69) is 21.2 Å². The Hall–Kier alpha value is -0.940. The van der Waals surface area contributed by atoms with Gasteiger partial charge in [0.05, 0.1) is 18.2 Å². The van der Waals surface area contributed by atoms with Gasteiger partial charge in [-0.25, -0.2) is 4.39 Å². The van der Waals surface area contributed by atoms with Crippen LogP contribution in [0, 0.1) is 5.82 Å². The number of carbonyl (C=O) groups is 1. The fourth-order valence-corrected chi connectivity index (χ4v) is 1.82. The zero-order valence-electron chi connectivity index (χ0n) is 9.80. The average molecular weight is 304 g/mol. The van der Waals surface area contributed by atoms with E-state index in [0.29, 0.717) is 16.6 Å². The number of ether oxygens (including phenoxy) is 1. The third kappa shape index (κ3) is 4.09. The van der Waals surface area contributed by atoms with E-state index >= 15 is 0 Å². The van der Waals surface area contributed by atoms with Gasteiger partial charge in [0.1, 0.15) is 5.82 Å². The Kier molecular flexibility index (Phi) is 5.58. The Balaban J connectivity index is 2.78. The van der Waals surface area contributed by atoms with Crippen LogP contribution in [0.25, 0.3) is 0 Å². The summed E-state index contributed by atoms with van der Waals surface area (Å²) in [6, 6.07) is 3.95. The van der Waals surface area contributed by atoms with E-state index in [1.54, 1.807) is 7.11 Å². The molecule has 0 saturated carbocycles. The summed E-state index contributed by atoms with van der Waals surface area (Å²) < 4.78 is 18.6. The number of hydrogen-bond acceptors (Lipinski definition) is 2. The molecule has 0 bridgehead atoms. The zero-order chi connectivity index (χ0) is 12.8. The molecule has 1 aromatic rings. The maximum atomic E-state index is 13.0. The normalized spacial score (nSPS) is 12.2. The first-order valence-corrected chi connectivity index (χ1v) is 6.12. The third-order valence-corrected chi connectivity index (χ3v) is 3.06. The van der Waals surface area contributed by atoms with Gasteiger partial charge in [-0.3, -0.25) is 4.79 Å². The predicted octanol–water partition coefficient (Wildman–Crippen LogP) is 2.74. The van der Waals surface area contributed by atoms with Crippen LogP contribution in [-0.2, 0) is 4.74 Å². The molecule has 3 nitrogen and oxygen atoms in total. The minimum Gasteiger partial charge on any atom is -0.383 e. The second-order valence-corrected chi connectivity index (χ2v) is 4.51. The van der Waals surface area contributed by atoms with E-state index in [1.807, 2.05) is 6.92 Å². The highest BCUT2D eigenvalue weighted by atomic mass is 79.9. The Labute approximate surface area is 108 Å². The van der Waals surface area contributed by atoms with Gasteiger partial charge in [0.25, 0.3) is 5.91 Å². The van der Waals surface area contributed by atoms with Gasteiger partial charge < -0.3 is 10.1 Å². The minimum atomic E-state index is -0.432. The number of nitrogens with one attached hydrogen (secondary N) is 1. The number of methoxy groups -OCH3 is 1. The molecule has 1 rings (SSSR count). The molecule has 17 heavy (non-hydrogen) atoms. The number of carbonyl (C=O) groups excluding carboxylic acids is 1. The molecule has 0 aliphatic carbocycles. The van der Waals surface area contributed by atoms with E-state index in [0.717, 1.165) is 6.42 Å². The van der Waals surface area contributed by atoms with Crippen molar-refractivity contribution in [3.05, 3.63) is 34.1 Å². The Morgan fingerprint density at radius 1 is 1.59 bits per heavy atom. The summed E-state index contributed by atoms with van der Waals surface area (Å²) in [7, 11) is 1.58. The summed E-state index contributed by atoms with van der Waals surface area (Å²) in [5.41, 5.74) is 0.291. The molecule has 1 N–H and O–H groups in total. The zero-order valence-corrected chi connectivity index (χ0v) is 11.4. The van der Waals surface area contributed by atoms with Gasteiger partial charge >= 0.3 is 0 Å². The van der Waals surface area contributed by atoms with Crippen LogP contribution in [0.2, 0.25) is 0 Å². The second kappa shape index (κ2) is 6.71. The van der Waals surface area contributed by atoms with Crippen molar-refractivity contribution < 1.29 is 13.9 Å². The lowest BCUT2D eigenvalue weighted by Gasteiger charge is -2.16. The third-order valence-electron chi connectivity index (χ3n) is 2.37. The van der Waals surface area contributed by atoms with E-state index in [9.17, 15) is 9.18 Å². The number of hydrogen-bond donors (Lipinski definition) is 1. The molecule has 0 saturated heterocycles. The minimum absolute atomic E-state index is 0.0670. The number of halogens is 2. The number of rotatable bonds is 5. The van der Waals surface area contributed by atoms with Crippen LogP contribution in [-0.4, -0.2) is 25.7 Å². The molecular formula is C12H15BrFNO2. The van der Waals surface area contributed by atoms with Crippen molar-refractivity contribution in [1.82, 2.24) is 5.32 Å². The first kappa shape index (κ1) is 14.1. The highest BCUT2D eigenvalue weighted by Gasteiger charge is 2.15. The Morgan fingerprint density at radius 3 is 2.88 bits per heavy atom. The Bertz CT molecular complexity index is 398. The molecule has 0 radical (unpaired) electrons. The van der Waals surface area contributed by atoms with Gasteiger partial charge in [-0.15, -0.1) is 0 Å². The summed E-state index contributed by atoms with van der Waals surface area (Å²) in [5.74, 6) is -0.738. The monoisotopic (exact) mass is 303 g/mol. The molecule has 0 fully saturated rings. The number of benzene rings is 1. The summed E-state index contributed by atoms with van der Waals surface area (Å²) in [4.78, 5) is 11.9.